The summed E-state index contributed by atoms with van der Waals surface area (Å²) in [5, 5.41) is 30.0. The number of nitrogens with two attached hydrogens (primary N) is 1. The lowest BCUT2D eigenvalue weighted by Gasteiger charge is -2.28. The van der Waals surface area contributed by atoms with Gasteiger partial charge in [-0.25, -0.2) is 4.79 Å². The second-order valence-electron chi connectivity index (χ2n) is 6.09. The van der Waals surface area contributed by atoms with Gasteiger partial charge >= 0.3 is 17.9 Å². The third-order valence-electron chi connectivity index (χ3n) is 4.59. The lowest BCUT2D eigenvalue weighted by Crippen LogP contribution is -2.58. The van der Waals surface area contributed by atoms with Crippen molar-refractivity contribution in [2.75, 3.05) is 0 Å². The molecule has 3 unspecified atom stereocenters. The molecule has 1 amide bonds. The molecular weight excluding hydrogens is 308 g/mol. The average Bonchev–Trinajstić information content (AvgIpc) is 2.87. The number of aliphatic carboxylic acids is 3. The van der Waals surface area contributed by atoms with Crippen molar-refractivity contribution < 1.29 is 34.5 Å². The molecule has 0 aromatic rings. The number of hydrogen-bond donors (Lipinski definition) is 5. The molecule has 0 bridgehead atoms. The number of carboxylic acids is 3. The topological polar surface area (TPSA) is 167 Å². The van der Waals surface area contributed by atoms with Crippen LogP contribution in [0.15, 0.2) is 0 Å². The zero-order valence-electron chi connectivity index (χ0n) is 13.0. The first-order valence-corrected chi connectivity index (χ1v) is 7.32. The van der Waals surface area contributed by atoms with Crippen LogP contribution in [0.2, 0.25) is 0 Å². The van der Waals surface area contributed by atoms with Gasteiger partial charge in [0.2, 0.25) is 5.91 Å². The van der Waals surface area contributed by atoms with Gasteiger partial charge in [-0.05, 0) is 18.8 Å². The van der Waals surface area contributed by atoms with E-state index in [2.05, 4.69) is 5.32 Å². The van der Waals surface area contributed by atoms with Crippen molar-refractivity contribution in [3.63, 3.8) is 0 Å². The SMILES string of the molecule is CCC(C)C(N)C(=O)NC1(C(=O)O)C[C@H](C(=O)O)[C@H](C(=O)O)C1. The first-order valence-electron chi connectivity index (χ1n) is 7.32. The number of carboxylic acid groups (broad SMARTS) is 3. The molecule has 1 saturated carbocycles. The quantitative estimate of drug-likeness (QED) is 0.416. The van der Waals surface area contributed by atoms with Crippen molar-refractivity contribution in [2.45, 2.75) is 44.7 Å². The van der Waals surface area contributed by atoms with E-state index in [-0.39, 0.29) is 5.92 Å². The molecule has 1 fully saturated rings. The molecule has 9 nitrogen and oxygen atoms in total. The van der Waals surface area contributed by atoms with Gasteiger partial charge < -0.3 is 26.4 Å². The molecule has 130 valence electrons. The molecule has 1 aliphatic rings. The van der Waals surface area contributed by atoms with E-state index >= 15 is 0 Å². The van der Waals surface area contributed by atoms with Crippen LogP contribution in [0.25, 0.3) is 0 Å². The van der Waals surface area contributed by atoms with Crippen molar-refractivity contribution in [1.29, 1.82) is 0 Å². The number of rotatable bonds is 7. The summed E-state index contributed by atoms with van der Waals surface area (Å²) in [6, 6.07) is -0.955. The van der Waals surface area contributed by atoms with Crippen LogP contribution in [-0.4, -0.2) is 50.7 Å². The predicted octanol–water partition coefficient (Wildman–Crippen LogP) is -0.505. The molecule has 23 heavy (non-hydrogen) atoms. The highest BCUT2D eigenvalue weighted by Crippen LogP contribution is 2.40. The van der Waals surface area contributed by atoms with Gasteiger partial charge in [-0.15, -0.1) is 0 Å². The second-order valence-corrected chi connectivity index (χ2v) is 6.09. The van der Waals surface area contributed by atoms with E-state index in [9.17, 15) is 24.3 Å². The standard InChI is InChI=1S/C14H22N2O7/c1-3-6(2)9(15)10(17)16-14(13(22)23)4-7(11(18)19)8(5-14)12(20)21/h6-9H,3-5,15H2,1-2H3,(H,16,17)(H,18,19)(H,20,21)(H,22,23)/t6?,7-,8+,9?,14?. The molecule has 1 aliphatic carbocycles. The van der Waals surface area contributed by atoms with Crippen molar-refractivity contribution >= 4 is 23.8 Å². The molecule has 9 heteroatoms. The van der Waals surface area contributed by atoms with Crippen LogP contribution in [-0.2, 0) is 19.2 Å². The number of carbonyl (C=O) groups excluding carboxylic acids is 1. The van der Waals surface area contributed by atoms with Gasteiger partial charge in [0.15, 0.2) is 0 Å². The third-order valence-corrected chi connectivity index (χ3v) is 4.59. The largest absolute Gasteiger partial charge is 0.481 e. The number of hydrogen-bond acceptors (Lipinski definition) is 5. The smallest absolute Gasteiger partial charge is 0.329 e. The third kappa shape index (κ3) is 3.79. The Kier molecular flexibility index (Phi) is 5.70. The van der Waals surface area contributed by atoms with Crippen molar-refractivity contribution in [3.05, 3.63) is 0 Å². The Balaban J connectivity index is 3.06. The first-order chi connectivity index (χ1) is 10.6. The fourth-order valence-corrected chi connectivity index (χ4v) is 2.80. The molecule has 0 aromatic heterocycles. The van der Waals surface area contributed by atoms with Gasteiger partial charge in [0, 0.05) is 0 Å². The van der Waals surface area contributed by atoms with Gasteiger partial charge in [-0.1, -0.05) is 20.3 Å². The fraction of sp³-hybridized carbons (Fsp3) is 0.714. The summed E-state index contributed by atoms with van der Waals surface area (Å²) in [6.45, 7) is 3.55. The van der Waals surface area contributed by atoms with E-state index in [0.29, 0.717) is 6.42 Å². The van der Waals surface area contributed by atoms with Crippen LogP contribution >= 0.6 is 0 Å². The van der Waals surface area contributed by atoms with Gasteiger partial charge in [0.1, 0.15) is 5.54 Å². The Morgan fingerprint density at radius 1 is 1.13 bits per heavy atom. The summed E-state index contributed by atoms with van der Waals surface area (Å²) in [7, 11) is 0. The van der Waals surface area contributed by atoms with Crippen molar-refractivity contribution in [2.24, 2.45) is 23.5 Å². The van der Waals surface area contributed by atoms with Gasteiger partial charge in [0.05, 0.1) is 17.9 Å². The number of nitrogens with one attached hydrogen (secondary N) is 1. The molecule has 0 aromatic carbocycles. The van der Waals surface area contributed by atoms with Gasteiger partial charge in [-0.3, -0.25) is 14.4 Å². The lowest BCUT2D eigenvalue weighted by molar-refractivity contribution is -0.152. The average molecular weight is 330 g/mol. The van der Waals surface area contributed by atoms with Gasteiger partial charge in [-0.2, -0.15) is 0 Å². The summed E-state index contributed by atoms with van der Waals surface area (Å²) < 4.78 is 0. The molecule has 0 aliphatic heterocycles. The molecule has 0 saturated heterocycles. The van der Waals surface area contributed by atoms with Crippen molar-refractivity contribution in [3.8, 4) is 0 Å². The zero-order valence-corrected chi connectivity index (χ0v) is 13.0. The lowest BCUT2D eigenvalue weighted by atomic mass is 9.93. The van der Waals surface area contributed by atoms with Crippen LogP contribution in [0.3, 0.4) is 0 Å². The highest BCUT2D eigenvalue weighted by molar-refractivity contribution is 5.92. The monoisotopic (exact) mass is 330 g/mol. The summed E-state index contributed by atoms with van der Waals surface area (Å²) in [4.78, 5) is 46.2. The zero-order chi connectivity index (χ0) is 17.9. The van der Waals surface area contributed by atoms with Crippen LogP contribution < -0.4 is 11.1 Å². The van der Waals surface area contributed by atoms with E-state index < -0.39 is 60.1 Å². The number of carbonyl (C=O) groups is 4. The summed E-state index contributed by atoms with van der Waals surface area (Å²) in [5.74, 6) is -7.96. The Labute approximate surface area is 132 Å². The van der Waals surface area contributed by atoms with E-state index in [0.717, 1.165) is 0 Å². The summed E-state index contributed by atoms with van der Waals surface area (Å²) in [5.41, 5.74) is 3.82. The van der Waals surface area contributed by atoms with E-state index in [1.165, 1.54) is 0 Å². The minimum atomic E-state index is -1.94. The highest BCUT2D eigenvalue weighted by Gasteiger charge is 2.56. The molecule has 0 radical (unpaired) electrons. The summed E-state index contributed by atoms with van der Waals surface area (Å²) in [6.07, 6.45) is -0.384. The van der Waals surface area contributed by atoms with Crippen LogP contribution in [0.1, 0.15) is 33.1 Å². The summed E-state index contributed by atoms with van der Waals surface area (Å²) >= 11 is 0. The predicted molar refractivity (Wildman–Crippen MR) is 77.4 cm³/mol. The molecular formula is C14H22N2O7. The Hall–Kier alpha value is -2.16. The van der Waals surface area contributed by atoms with Crippen molar-refractivity contribution in [1.82, 2.24) is 5.32 Å². The minimum absolute atomic E-state index is 0.201. The maximum atomic E-state index is 12.2. The molecule has 0 spiro atoms. The minimum Gasteiger partial charge on any atom is -0.481 e. The molecule has 6 N–H and O–H groups in total. The van der Waals surface area contributed by atoms with Crippen LogP contribution in [0.5, 0.6) is 0 Å². The molecule has 5 atom stereocenters. The van der Waals surface area contributed by atoms with Crippen LogP contribution in [0, 0.1) is 17.8 Å². The molecule has 0 heterocycles. The first kappa shape index (κ1) is 18.9. The maximum Gasteiger partial charge on any atom is 0.329 e. The second kappa shape index (κ2) is 6.95. The normalized spacial score (nSPS) is 29.5. The van der Waals surface area contributed by atoms with Gasteiger partial charge in [0.25, 0.3) is 0 Å². The fourth-order valence-electron chi connectivity index (χ4n) is 2.80. The van der Waals surface area contributed by atoms with E-state index in [4.69, 9.17) is 15.9 Å². The van der Waals surface area contributed by atoms with Crippen LogP contribution in [0.4, 0.5) is 0 Å². The maximum absolute atomic E-state index is 12.2. The Morgan fingerprint density at radius 3 is 1.87 bits per heavy atom. The Morgan fingerprint density at radius 2 is 1.57 bits per heavy atom. The van der Waals surface area contributed by atoms with E-state index in [1.807, 2.05) is 6.92 Å². The van der Waals surface area contributed by atoms with E-state index in [1.54, 1.807) is 6.92 Å². The highest BCUT2D eigenvalue weighted by atomic mass is 16.4. The Bertz CT molecular complexity index is 497. The molecule has 1 rings (SSSR count). The number of amides is 1.